The molecule has 1 atom stereocenters. The van der Waals surface area contributed by atoms with Gasteiger partial charge < -0.3 is 15.2 Å². The van der Waals surface area contributed by atoms with Crippen LogP contribution in [0.2, 0.25) is 0 Å². The molecule has 29 heavy (non-hydrogen) atoms. The van der Waals surface area contributed by atoms with Crippen molar-refractivity contribution in [1.82, 2.24) is 14.8 Å². The van der Waals surface area contributed by atoms with E-state index in [9.17, 15) is 9.90 Å². The van der Waals surface area contributed by atoms with Crippen LogP contribution in [0.3, 0.4) is 0 Å². The zero-order valence-electron chi connectivity index (χ0n) is 15.8. The number of phenolic OH excluding ortho intramolecular Hbond substituents is 1. The molecule has 0 saturated carbocycles. The van der Waals surface area contributed by atoms with Crippen LogP contribution in [0.25, 0.3) is 15.3 Å². The van der Waals surface area contributed by atoms with Crippen molar-refractivity contribution in [1.29, 1.82) is 0 Å². The highest BCUT2D eigenvalue weighted by Gasteiger charge is 2.33. The number of nitrogens with one attached hydrogen (secondary N) is 1. The molecule has 4 aromatic rings. The minimum atomic E-state index is -0.184. The summed E-state index contributed by atoms with van der Waals surface area (Å²) in [4.78, 5) is 17.2. The molecule has 0 bridgehead atoms. The van der Waals surface area contributed by atoms with Gasteiger partial charge in [-0.05, 0) is 36.8 Å². The van der Waals surface area contributed by atoms with Gasteiger partial charge in [0.1, 0.15) is 5.82 Å². The molecule has 3 heterocycles. The largest absolute Gasteiger partial charge is 0.504 e. The Bertz CT molecular complexity index is 1230. The highest BCUT2D eigenvalue weighted by Crippen LogP contribution is 2.42. The first-order chi connectivity index (χ1) is 14.0. The minimum Gasteiger partial charge on any atom is -0.504 e. The number of carbonyl (C=O) groups is 1. The van der Waals surface area contributed by atoms with Crippen LogP contribution in [0.4, 0.5) is 5.82 Å². The molecule has 1 aliphatic heterocycles. The summed E-state index contributed by atoms with van der Waals surface area (Å²) >= 11 is 1.53. The lowest BCUT2D eigenvalue weighted by atomic mass is 9.85. The van der Waals surface area contributed by atoms with Crippen LogP contribution in [-0.4, -0.2) is 32.9 Å². The lowest BCUT2D eigenvalue weighted by Crippen LogP contribution is -2.24. The molecule has 0 saturated heterocycles. The number of benzene rings is 2. The first-order valence-electron chi connectivity index (χ1n) is 9.17. The maximum atomic E-state index is 12.5. The summed E-state index contributed by atoms with van der Waals surface area (Å²) in [6.45, 7) is 1.94. The van der Waals surface area contributed by atoms with Crippen molar-refractivity contribution >= 4 is 33.3 Å². The van der Waals surface area contributed by atoms with Crippen molar-refractivity contribution in [3.05, 3.63) is 59.3 Å². The number of phenols is 1. The van der Waals surface area contributed by atoms with Crippen LogP contribution in [-0.2, 0) is 4.79 Å². The fourth-order valence-corrected chi connectivity index (χ4v) is 4.76. The topological polar surface area (TPSA) is 89.3 Å². The fourth-order valence-electron chi connectivity index (χ4n) is 3.83. The number of nitrogens with zero attached hydrogens (tertiary/aromatic N) is 3. The number of amides is 1. The number of hydrogen-bond acceptors (Lipinski definition) is 6. The van der Waals surface area contributed by atoms with Crippen molar-refractivity contribution in [3.8, 4) is 16.6 Å². The Morgan fingerprint density at radius 1 is 1.28 bits per heavy atom. The SMILES string of the molecule is COc1cc([C@@H]2CC(=O)Nc3c2c(C)nn3-c2nc3ccccc3s2)ccc1O. The monoisotopic (exact) mass is 406 g/mol. The van der Waals surface area contributed by atoms with Crippen molar-refractivity contribution < 1.29 is 14.6 Å². The van der Waals surface area contributed by atoms with Crippen molar-refractivity contribution in [2.75, 3.05) is 12.4 Å². The first-order valence-corrected chi connectivity index (χ1v) is 9.99. The summed E-state index contributed by atoms with van der Waals surface area (Å²) in [5, 5.41) is 18.3. The van der Waals surface area contributed by atoms with E-state index < -0.39 is 0 Å². The van der Waals surface area contributed by atoms with Gasteiger partial charge in [0, 0.05) is 17.9 Å². The molecule has 2 N–H and O–H groups in total. The summed E-state index contributed by atoms with van der Waals surface area (Å²) in [6.07, 6.45) is 0.299. The Labute approximate surface area is 170 Å². The lowest BCUT2D eigenvalue weighted by Gasteiger charge is -2.24. The number of thiazole rings is 1. The molecule has 8 heteroatoms. The average Bonchev–Trinajstić information content (AvgIpc) is 3.29. The molecule has 1 aliphatic rings. The van der Waals surface area contributed by atoms with E-state index in [1.807, 2.05) is 37.3 Å². The molecule has 7 nitrogen and oxygen atoms in total. The van der Waals surface area contributed by atoms with Crippen LogP contribution in [0.1, 0.15) is 29.2 Å². The van der Waals surface area contributed by atoms with E-state index in [0.717, 1.165) is 27.0 Å². The quantitative estimate of drug-likeness (QED) is 0.537. The number of aromatic nitrogens is 3. The molecular formula is C21H18N4O3S. The normalized spacial score (nSPS) is 15.9. The average molecular weight is 406 g/mol. The van der Waals surface area contributed by atoms with Gasteiger partial charge in [-0.1, -0.05) is 29.5 Å². The minimum absolute atomic E-state index is 0.0682. The predicted octanol–water partition coefficient (Wildman–Crippen LogP) is 3.98. The van der Waals surface area contributed by atoms with Gasteiger partial charge >= 0.3 is 0 Å². The van der Waals surface area contributed by atoms with E-state index in [-0.39, 0.29) is 17.6 Å². The molecule has 0 spiro atoms. The molecule has 0 fully saturated rings. The van der Waals surface area contributed by atoms with Gasteiger partial charge in [-0.15, -0.1) is 0 Å². The summed E-state index contributed by atoms with van der Waals surface area (Å²) in [5.41, 5.74) is 3.58. The van der Waals surface area contributed by atoms with E-state index in [4.69, 9.17) is 9.84 Å². The Morgan fingerprint density at radius 2 is 2.10 bits per heavy atom. The number of hydrogen-bond donors (Lipinski definition) is 2. The highest BCUT2D eigenvalue weighted by atomic mass is 32.1. The van der Waals surface area contributed by atoms with Gasteiger partial charge in [0.05, 0.1) is 23.0 Å². The van der Waals surface area contributed by atoms with Gasteiger partial charge in [0.25, 0.3) is 0 Å². The van der Waals surface area contributed by atoms with Crippen LogP contribution in [0.15, 0.2) is 42.5 Å². The van der Waals surface area contributed by atoms with Crippen LogP contribution in [0, 0.1) is 6.92 Å². The molecule has 2 aromatic heterocycles. The van der Waals surface area contributed by atoms with Crippen LogP contribution in [0.5, 0.6) is 11.5 Å². The molecular weight excluding hydrogens is 388 g/mol. The molecule has 2 aromatic carbocycles. The number of carbonyl (C=O) groups excluding carboxylic acids is 1. The van der Waals surface area contributed by atoms with Crippen LogP contribution >= 0.6 is 11.3 Å². The van der Waals surface area contributed by atoms with E-state index in [1.165, 1.54) is 18.4 Å². The number of fused-ring (bicyclic) bond motifs is 2. The van der Waals surface area contributed by atoms with Crippen molar-refractivity contribution in [2.45, 2.75) is 19.3 Å². The number of ether oxygens (including phenoxy) is 1. The van der Waals surface area contributed by atoms with Crippen molar-refractivity contribution in [2.24, 2.45) is 0 Å². The Hall–Kier alpha value is -3.39. The second-order valence-corrected chi connectivity index (χ2v) is 7.97. The number of methoxy groups -OCH3 is 1. The Kier molecular flexibility index (Phi) is 4.02. The van der Waals surface area contributed by atoms with Crippen molar-refractivity contribution in [3.63, 3.8) is 0 Å². The number of anilines is 1. The fraction of sp³-hybridized carbons (Fsp3) is 0.190. The summed E-state index contributed by atoms with van der Waals surface area (Å²) < 4.78 is 8.03. The maximum Gasteiger partial charge on any atom is 0.226 e. The standard InChI is InChI=1S/C21H18N4O3S/c1-11-19-13(12-7-8-15(26)16(9-12)28-2)10-18(27)23-20(19)25(24-11)21-22-14-5-3-4-6-17(14)29-21/h3-9,13,26H,10H2,1-2H3,(H,23,27)/t13-/m0/s1. The predicted molar refractivity (Wildman–Crippen MR) is 111 cm³/mol. The van der Waals surface area contributed by atoms with E-state index in [0.29, 0.717) is 23.1 Å². The number of aryl methyl sites for hydroxylation is 1. The summed E-state index contributed by atoms with van der Waals surface area (Å²) in [7, 11) is 1.51. The van der Waals surface area contributed by atoms with E-state index in [2.05, 4.69) is 10.3 Å². The van der Waals surface area contributed by atoms with Gasteiger partial charge in [-0.2, -0.15) is 9.78 Å². The van der Waals surface area contributed by atoms with Gasteiger partial charge in [0.15, 0.2) is 11.5 Å². The molecule has 5 rings (SSSR count). The summed E-state index contributed by atoms with van der Waals surface area (Å²) in [6, 6.07) is 13.1. The molecule has 1 amide bonds. The smallest absolute Gasteiger partial charge is 0.226 e. The first kappa shape index (κ1) is 17.7. The van der Waals surface area contributed by atoms with Gasteiger partial charge in [-0.25, -0.2) is 4.98 Å². The number of rotatable bonds is 3. The highest BCUT2D eigenvalue weighted by molar-refractivity contribution is 7.20. The molecule has 146 valence electrons. The second kappa shape index (κ2) is 6.59. The maximum absolute atomic E-state index is 12.5. The zero-order valence-corrected chi connectivity index (χ0v) is 16.7. The molecule has 0 unspecified atom stereocenters. The van der Waals surface area contributed by atoms with E-state index >= 15 is 0 Å². The third kappa shape index (κ3) is 2.84. The number of para-hydroxylation sites is 1. The van der Waals surface area contributed by atoms with Gasteiger partial charge in [-0.3, -0.25) is 4.79 Å². The Balaban J connectivity index is 1.66. The Morgan fingerprint density at radius 3 is 2.90 bits per heavy atom. The summed E-state index contributed by atoms with van der Waals surface area (Å²) in [5.74, 6) is 0.827. The van der Waals surface area contributed by atoms with Gasteiger partial charge in [0.2, 0.25) is 11.0 Å². The molecule has 0 radical (unpaired) electrons. The van der Waals surface area contributed by atoms with E-state index in [1.54, 1.807) is 16.8 Å². The molecule has 0 aliphatic carbocycles. The van der Waals surface area contributed by atoms with Crippen LogP contribution < -0.4 is 10.1 Å². The third-order valence-electron chi connectivity index (χ3n) is 5.17. The lowest BCUT2D eigenvalue weighted by molar-refractivity contribution is -0.116. The zero-order chi connectivity index (χ0) is 20.1. The number of aromatic hydroxyl groups is 1. The third-order valence-corrected chi connectivity index (χ3v) is 6.18. The second-order valence-electron chi connectivity index (χ2n) is 6.96.